The van der Waals surface area contributed by atoms with Crippen LogP contribution in [0.5, 0.6) is 0 Å². The number of carbonyl (C=O) groups excluding carboxylic acids is 1. The molecule has 1 aromatic carbocycles. The number of rotatable bonds is 5. The Hall–Kier alpha value is -0.870. The van der Waals surface area contributed by atoms with Crippen molar-refractivity contribution < 1.29 is 14.6 Å². The predicted octanol–water partition coefficient (Wildman–Crippen LogP) is 1.88. The summed E-state index contributed by atoms with van der Waals surface area (Å²) in [6.45, 7) is 0.259. The number of benzene rings is 1. The Labute approximate surface area is 97.2 Å². The minimum absolute atomic E-state index is 0.0259. The minimum atomic E-state index is -0.673. The molecule has 0 spiro atoms. The first-order chi connectivity index (χ1) is 7.22. The molecule has 1 N–H and O–H groups in total. The second-order valence-corrected chi connectivity index (χ2v) is 3.81. The quantitative estimate of drug-likeness (QED) is 0.658. The van der Waals surface area contributed by atoms with Crippen molar-refractivity contribution in [2.75, 3.05) is 5.33 Å². The van der Waals surface area contributed by atoms with E-state index in [1.54, 1.807) is 0 Å². The van der Waals surface area contributed by atoms with Crippen LogP contribution in [0.25, 0.3) is 0 Å². The maximum absolute atomic E-state index is 11.2. The van der Waals surface area contributed by atoms with Crippen molar-refractivity contribution in [3.05, 3.63) is 35.9 Å². The van der Waals surface area contributed by atoms with Crippen molar-refractivity contribution in [3.63, 3.8) is 0 Å². The van der Waals surface area contributed by atoms with E-state index in [4.69, 9.17) is 4.74 Å². The molecule has 0 aliphatic heterocycles. The van der Waals surface area contributed by atoms with Crippen LogP contribution in [0.2, 0.25) is 0 Å². The van der Waals surface area contributed by atoms with Gasteiger partial charge in [0, 0.05) is 5.33 Å². The number of carbonyl (C=O) groups is 1. The van der Waals surface area contributed by atoms with Crippen LogP contribution >= 0.6 is 15.9 Å². The summed E-state index contributed by atoms with van der Waals surface area (Å²) in [4.78, 5) is 11.2. The first-order valence-electron chi connectivity index (χ1n) is 4.66. The van der Waals surface area contributed by atoms with Gasteiger partial charge < -0.3 is 9.84 Å². The SMILES string of the molecule is O=C(C[C@@H](O)CBr)OCc1ccccc1. The average Bonchev–Trinajstić information content (AvgIpc) is 2.27. The van der Waals surface area contributed by atoms with Crippen LogP contribution in [-0.4, -0.2) is 22.5 Å². The van der Waals surface area contributed by atoms with Gasteiger partial charge >= 0.3 is 5.97 Å². The van der Waals surface area contributed by atoms with Gasteiger partial charge in [0.15, 0.2) is 0 Å². The molecule has 1 atom stereocenters. The summed E-state index contributed by atoms with van der Waals surface area (Å²) in [6.07, 6.45) is -0.647. The van der Waals surface area contributed by atoms with Crippen molar-refractivity contribution in [3.8, 4) is 0 Å². The lowest BCUT2D eigenvalue weighted by Gasteiger charge is -2.07. The second kappa shape index (κ2) is 6.58. The molecule has 0 amide bonds. The molecule has 0 aliphatic carbocycles. The largest absolute Gasteiger partial charge is 0.461 e. The van der Waals surface area contributed by atoms with Gasteiger partial charge in [-0.15, -0.1) is 0 Å². The summed E-state index contributed by atoms with van der Waals surface area (Å²) in [6, 6.07) is 9.44. The van der Waals surface area contributed by atoms with E-state index in [0.29, 0.717) is 5.33 Å². The van der Waals surface area contributed by atoms with Crippen LogP contribution < -0.4 is 0 Å². The molecule has 0 saturated carbocycles. The zero-order valence-corrected chi connectivity index (χ0v) is 9.81. The number of aliphatic hydroxyl groups excluding tert-OH is 1. The molecule has 1 aromatic rings. The lowest BCUT2D eigenvalue weighted by molar-refractivity contribution is -0.146. The molecule has 82 valence electrons. The van der Waals surface area contributed by atoms with Gasteiger partial charge in [-0.1, -0.05) is 46.3 Å². The van der Waals surface area contributed by atoms with Gasteiger partial charge in [0.25, 0.3) is 0 Å². The van der Waals surface area contributed by atoms with E-state index in [-0.39, 0.29) is 19.0 Å². The fourth-order valence-electron chi connectivity index (χ4n) is 1.04. The summed E-state index contributed by atoms with van der Waals surface area (Å²) in [5, 5.41) is 9.56. The highest BCUT2D eigenvalue weighted by Crippen LogP contribution is 2.03. The Morgan fingerprint density at radius 2 is 2.07 bits per heavy atom. The van der Waals surface area contributed by atoms with Gasteiger partial charge in [-0.2, -0.15) is 0 Å². The molecule has 0 heterocycles. The van der Waals surface area contributed by atoms with Crippen molar-refractivity contribution in [2.24, 2.45) is 0 Å². The molecule has 0 saturated heterocycles. The predicted molar refractivity (Wildman–Crippen MR) is 60.7 cm³/mol. The fourth-order valence-corrected chi connectivity index (χ4v) is 1.27. The zero-order chi connectivity index (χ0) is 11.1. The van der Waals surface area contributed by atoms with Gasteiger partial charge in [0.05, 0.1) is 12.5 Å². The van der Waals surface area contributed by atoms with Crippen molar-refractivity contribution in [1.29, 1.82) is 0 Å². The van der Waals surface area contributed by atoms with Gasteiger partial charge in [-0.05, 0) is 5.56 Å². The zero-order valence-electron chi connectivity index (χ0n) is 8.23. The van der Waals surface area contributed by atoms with Gasteiger partial charge in [0.2, 0.25) is 0 Å². The van der Waals surface area contributed by atoms with Crippen molar-refractivity contribution in [2.45, 2.75) is 19.1 Å². The van der Waals surface area contributed by atoms with Crippen molar-refractivity contribution in [1.82, 2.24) is 0 Å². The number of halogens is 1. The van der Waals surface area contributed by atoms with Gasteiger partial charge in [-0.3, -0.25) is 4.79 Å². The third kappa shape index (κ3) is 4.95. The van der Waals surface area contributed by atoms with Gasteiger partial charge in [-0.25, -0.2) is 0 Å². The number of hydrogen-bond donors (Lipinski definition) is 1. The maximum Gasteiger partial charge on any atom is 0.308 e. The number of aliphatic hydroxyl groups is 1. The molecule has 0 fully saturated rings. The first-order valence-corrected chi connectivity index (χ1v) is 5.78. The molecule has 0 unspecified atom stereocenters. The normalized spacial score (nSPS) is 12.1. The topological polar surface area (TPSA) is 46.5 Å². The Morgan fingerprint density at radius 1 is 1.40 bits per heavy atom. The molecule has 0 radical (unpaired) electrons. The molecular formula is C11H13BrO3. The molecule has 1 rings (SSSR count). The Morgan fingerprint density at radius 3 is 2.67 bits per heavy atom. The summed E-state index contributed by atoms with van der Waals surface area (Å²) in [5.74, 6) is -0.384. The van der Waals surface area contributed by atoms with Crippen LogP contribution in [0.4, 0.5) is 0 Å². The lowest BCUT2D eigenvalue weighted by atomic mass is 10.2. The van der Waals surface area contributed by atoms with Crippen LogP contribution in [-0.2, 0) is 16.1 Å². The standard InChI is InChI=1S/C11H13BrO3/c12-7-10(13)6-11(14)15-8-9-4-2-1-3-5-9/h1-5,10,13H,6-8H2/t10-/m1/s1. The minimum Gasteiger partial charge on any atom is -0.461 e. The second-order valence-electron chi connectivity index (χ2n) is 3.16. The van der Waals surface area contributed by atoms with E-state index in [1.165, 1.54) is 0 Å². The Bertz CT molecular complexity index is 300. The molecule has 0 bridgehead atoms. The van der Waals surface area contributed by atoms with Crippen LogP contribution in [0.3, 0.4) is 0 Å². The highest BCUT2D eigenvalue weighted by molar-refractivity contribution is 9.09. The van der Waals surface area contributed by atoms with Crippen LogP contribution in [0, 0.1) is 0 Å². The fraction of sp³-hybridized carbons (Fsp3) is 0.364. The molecule has 4 heteroatoms. The van der Waals surface area contributed by atoms with Crippen molar-refractivity contribution >= 4 is 21.9 Å². The van der Waals surface area contributed by atoms with E-state index in [9.17, 15) is 9.90 Å². The Balaban J connectivity index is 2.29. The third-order valence-electron chi connectivity index (χ3n) is 1.82. The molecule has 0 aromatic heterocycles. The smallest absolute Gasteiger partial charge is 0.308 e. The highest BCUT2D eigenvalue weighted by atomic mass is 79.9. The lowest BCUT2D eigenvalue weighted by Crippen LogP contribution is -2.16. The third-order valence-corrected chi connectivity index (χ3v) is 2.57. The monoisotopic (exact) mass is 272 g/mol. The molecule has 3 nitrogen and oxygen atoms in total. The molecular weight excluding hydrogens is 260 g/mol. The maximum atomic E-state index is 11.2. The Kier molecular flexibility index (Phi) is 5.36. The molecule has 0 aliphatic rings. The summed E-state index contributed by atoms with van der Waals surface area (Å²) < 4.78 is 4.98. The number of hydrogen-bond acceptors (Lipinski definition) is 3. The van der Waals surface area contributed by atoms with E-state index in [2.05, 4.69) is 15.9 Å². The summed E-state index contributed by atoms with van der Waals surface area (Å²) >= 11 is 3.08. The highest BCUT2D eigenvalue weighted by Gasteiger charge is 2.10. The van der Waals surface area contributed by atoms with Crippen LogP contribution in [0.15, 0.2) is 30.3 Å². The van der Waals surface area contributed by atoms with Crippen LogP contribution in [0.1, 0.15) is 12.0 Å². The van der Waals surface area contributed by atoms with Gasteiger partial charge in [0.1, 0.15) is 6.61 Å². The van der Waals surface area contributed by atoms with E-state index < -0.39 is 6.10 Å². The first kappa shape index (κ1) is 12.2. The number of ether oxygens (including phenoxy) is 1. The summed E-state index contributed by atoms with van der Waals surface area (Å²) in [7, 11) is 0. The summed E-state index contributed by atoms with van der Waals surface area (Å²) in [5.41, 5.74) is 0.944. The molecule has 15 heavy (non-hydrogen) atoms. The van der Waals surface area contributed by atoms with E-state index >= 15 is 0 Å². The average molecular weight is 273 g/mol. The van der Waals surface area contributed by atoms with E-state index in [1.807, 2.05) is 30.3 Å². The van der Waals surface area contributed by atoms with E-state index in [0.717, 1.165) is 5.56 Å². The number of esters is 1. The number of alkyl halides is 1.